The first-order chi connectivity index (χ1) is 14.8. The van der Waals surface area contributed by atoms with Gasteiger partial charge in [0.25, 0.3) is 15.9 Å². The maximum atomic E-state index is 12.6. The van der Waals surface area contributed by atoms with Gasteiger partial charge in [-0.05, 0) is 73.5 Å². The molecule has 8 nitrogen and oxygen atoms in total. The molecule has 31 heavy (non-hydrogen) atoms. The Morgan fingerprint density at radius 1 is 0.968 bits per heavy atom. The second-order valence-electron chi connectivity index (χ2n) is 7.16. The van der Waals surface area contributed by atoms with E-state index in [4.69, 9.17) is 0 Å². The van der Waals surface area contributed by atoms with Crippen LogP contribution in [0.15, 0.2) is 71.8 Å². The van der Waals surface area contributed by atoms with Crippen LogP contribution < -0.4 is 10.0 Å². The zero-order valence-corrected chi connectivity index (χ0v) is 17.8. The SMILES string of the molecule is Cc1ccc(S(=O)(=O)Nc2ccc(C(=O)NCc3nnc4ccccn34)cc2)cc1C. The number of hydrogen-bond acceptors (Lipinski definition) is 5. The molecule has 0 bridgehead atoms. The van der Waals surface area contributed by atoms with E-state index in [1.54, 1.807) is 46.9 Å². The normalized spacial score (nSPS) is 11.4. The monoisotopic (exact) mass is 435 g/mol. The van der Waals surface area contributed by atoms with E-state index in [1.165, 1.54) is 0 Å². The molecular weight excluding hydrogens is 414 g/mol. The summed E-state index contributed by atoms with van der Waals surface area (Å²) in [5.74, 6) is 0.318. The zero-order valence-electron chi connectivity index (χ0n) is 17.0. The number of amides is 1. The number of fused-ring (bicyclic) bond motifs is 1. The smallest absolute Gasteiger partial charge is 0.261 e. The van der Waals surface area contributed by atoms with Gasteiger partial charge in [0.2, 0.25) is 0 Å². The van der Waals surface area contributed by atoms with Crippen molar-refractivity contribution in [2.24, 2.45) is 0 Å². The molecule has 0 aliphatic carbocycles. The fourth-order valence-corrected chi connectivity index (χ4v) is 4.20. The van der Waals surface area contributed by atoms with Gasteiger partial charge in [-0.2, -0.15) is 0 Å². The van der Waals surface area contributed by atoms with Gasteiger partial charge < -0.3 is 5.32 Å². The van der Waals surface area contributed by atoms with Crippen LogP contribution in [0, 0.1) is 13.8 Å². The molecule has 4 rings (SSSR count). The number of anilines is 1. The van der Waals surface area contributed by atoms with E-state index in [1.807, 2.05) is 38.2 Å². The van der Waals surface area contributed by atoms with E-state index in [9.17, 15) is 13.2 Å². The van der Waals surface area contributed by atoms with Crippen LogP contribution in [0.1, 0.15) is 27.3 Å². The molecular formula is C22H21N5O3S. The molecule has 0 saturated heterocycles. The fourth-order valence-electron chi connectivity index (χ4n) is 3.06. The van der Waals surface area contributed by atoms with Gasteiger partial charge in [0.05, 0.1) is 11.4 Å². The van der Waals surface area contributed by atoms with E-state index < -0.39 is 10.0 Å². The lowest BCUT2D eigenvalue weighted by atomic mass is 10.1. The average Bonchev–Trinajstić information content (AvgIpc) is 3.17. The number of benzene rings is 2. The van der Waals surface area contributed by atoms with Gasteiger partial charge in [0, 0.05) is 17.4 Å². The van der Waals surface area contributed by atoms with Gasteiger partial charge in [0.1, 0.15) is 0 Å². The third-order valence-electron chi connectivity index (χ3n) is 4.98. The highest BCUT2D eigenvalue weighted by atomic mass is 32.2. The van der Waals surface area contributed by atoms with E-state index in [0.717, 1.165) is 11.1 Å². The Morgan fingerprint density at radius 3 is 2.48 bits per heavy atom. The molecule has 2 aromatic heterocycles. The van der Waals surface area contributed by atoms with Crippen LogP contribution >= 0.6 is 0 Å². The van der Waals surface area contributed by atoms with E-state index >= 15 is 0 Å². The van der Waals surface area contributed by atoms with Gasteiger partial charge in [-0.1, -0.05) is 12.1 Å². The van der Waals surface area contributed by atoms with Crippen molar-refractivity contribution in [3.05, 3.63) is 89.4 Å². The number of aromatic nitrogens is 3. The molecule has 1 amide bonds. The van der Waals surface area contributed by atoms with E-state index in [0.29, 0.717) is 22.7 Å². The lowest BCUT2D eigenvalue weighted by molar-refractivity contribution is 0.0950. The third kappa shape index (κ3) is 4.41. The van der Waals surface area contributed by atoms with Gasteiger partial charge in [-0.15, -0.1) is 10.2 Å². The first kappa shape index (κ1) is 20.5. The van der Waals surface area contributed by atoms with Crippen molar-refractivity contribution in [1.29, 1.82) is 0 Å². The number of nitrogens with zero attached hydrogens (tertiary/aromatic N) is 3. The molecule has 9 heteroatoms. The Morgan fingerprint density at radius 2 is 1.74 bits per heavy atom. The van der Waals surface area contributed by atoms with Crippen molar-refractivity contribution < 1.29 is 13.2 Å². The minimum Gasteiger partial charge on any atom is -0.345 e. The summed E-state index contributed by atoms with van der Waals surface area (Å²) in [6.07, 6.45) is 1.83. The highest BCUT2D eigenvalue weighted by molar-refractivity contribution is 7.92. The minimum atomic E-state index is -3.71. The van der Waals surface area contributed by atoms with Crippen molar-refractivity contribution in [3.8, 4) is 0 Å². The average molecular weight is 436 g/mol. The Bertz CT molecular complexity index is 1360. The van der Waals surface area contributed by atoms with Crippen LogP contribution in [0.2, 0.25) is 0 Å². The summed E-state index contributed by atoms with van der Waals surface area (Å²) in [5, 5.41) is 10.9. The molecule has 0 unspecified atom stereocenters. The first-order valence-corrected chi connectivity index (χ1v) is 11.1. The number of carbonyl (C=O) groups excluding carboxylic acids is 1. The van der Waals surface area contributed by atoms with E-state index in [2.05, 4.69) is 20.2 Å². The number of carbonyl (C=O) groups is 1. The second-order valence-corrected chi connectivity index (χ2v) is 8.84. The Hall–Kier alpha value is -3.72. The quantitative estimate of drug-likeness (QED) is 0.484. The molecule has 158 valence electrons. The zero-order chi connectivity index (χ0) is 22.0. The number of aryl methyl sites for hydroxylation is 2. The molecule has 0 aliphatic heterocycles. The summed E-state index contributed by atoms with van der Waals surface area (Å²) in [6, 6.07) is 16.8. The standard InChI is InChI=1S/C22H21N5O3S/c1-15-6-11-19(13-16(15)2)31(29,30)26-18-9-7-17(8-10-18)22(28)23-14-21-25-24-20-5-3-4-12-27(20)21/h3-13,26H,14H2,1-2H3,(H,23,28). The first-order valence-electron chi connectivity index (χ1n) is 9.60. The van der Waals surface area contributed by atoms with Crippen LogP contribution in [0.3, 0.4) is 0 Å². The number of rotatable bonds is 6. The van der Waals surface area contributed by atoms with Crippen LogP contribution in [-0.2, 0) is 16.6 Å². The highest BCUT2D eigenvalue weighted by Gasteiger charge is 2.15. The molecule has 0 atom stereocenters. The summed E-state index contributed by atoms with van der Waals surface area (Å²) in [7, 11) is -3.71. The Balaban J connectivity index is 1.42. The molecule has 2 aromatic carbocycles. The number of nitrogens with one attached hydrogen (secondary N) is 2. The van der Waals surface area contributed by atoms with Crippen molar-refractivity contribution in [2.75, 3.05) is 4.72 Å². The van der Waals surface area contributed by atoms with Crippen LogP contribution in [0.5, 0.6) is 0 Å². The van der Waals surface area contributed by atoms with Crippen molar-refractivity contribution >= 4 is 27.3 Å². The highest BCUT2D eigenvalue weighted by Crippen LogP contribution is 2.19. The Labute approximate surface area is 180 Å². The maximum Gasteiger partial charge on any atom is 0.261 e. The summed E-state index contributed by atoms with van der Waals surface area (Å²) in [5.41, 5.74) is 3.40. The number of hydrogen-bond donors (Lipinski definition) is 2. The van der Waals surface area contributed by atoms with Crippen LogP contribution in [0.4, 0.5) is 5.69 Å². The lowest BCUT2D eigenvalue weighted by Gasteiger charge is -2.10. The van der Waals surface area contributed by atoms with Gasteiger partial charge in [-0.25, -0.2) is 8.42 Å². The summed E-state index contributed by atoms with van der Waals surface area (Å²) >= 11 is 0. The molecule has 0 aliphatic rings. The molecule has 2 heterocycles. The van der Waals surface area contributed by atoms with Crippen molar-refractivity contribution in [2.45, 2.75) is 25.3 Å². The fraction of sp³-hybridized carbons (Fsp3) is 0.136. The number of pyridine rings is 1. The van der Waals surface area contributed by atoms with Crippen LogP contribution in [0.25, 0.3) is 5.65 Å². The lowest BCUT2D eigenvalue weighted by Crippen LogP contribution is -2.24. The molecule has 2 N–H and O–H groups in total. The molecule has 0 fully saturated rings. The molecule has 4 aromatic rings. The van der Waals surface area contributed by atoms with Crippen molar-refractivity contribution in [3.63, 3.8) is 0 Å². The van der Waals surface area contributed by atoms with Crippen molar-refractivity contribution in [1.82, 2.24) is 19.9 Å². The third-order valence-corrected chi connectivity index (χ3v) is 6.36. The maximum absolute atomic E-state index is 12.6. The van der Waals surface area contributed by atoms with E-state index in [-0.39, 0.29) is 17.3 Å². The van der Waals surface area contributed by atoms with Crippen LogP contribution in [-0.4, -0.2) is 28.9 Å². The van der Waals surface area contributed by atoms with Gasteiger partial charge in [0.15, 0.2) is 11.5 Å². The predicted molar refractivity (Wildman–Crippen MR) is 117 cm³/mol. The molecule has 0 spiro atoms. The second kappa shape index (κ2) is 8.19. The largest absolute Gasteiger partial charge is 0.345 e. The number of sulfonamides is 1. The minimum absolute atomic E-state index is 0.193. The summed E-state index contributed by atoms with van der Waals surface area (Å²) < 4.78 is 29.6. The predicted octanol–water partition coefficient (Wildman–Crippen LogP) is 3.08. The molecule has 0 saturated carbocycles. The van der Waals surface area contributed by atoms with Gasteiger partial charge >= 0.3 is 0 Å². The summed E-state index contributed by atoms with van der Waals surface area (Å²) in [6.45, 7) is 4.00. The Kier molecular flexibility index (Phi) is 5.43. The topological polar surface area (TPSA) is 105 Å². The summed E-state index contributed by atoms with van der Waals surface area (Å²) in [4.78, 5) is 12.6. The van der Waals surface area contributed by atoms with Gasteiger partial charge in [-0.3, -0.25) is 13.9 Å². The molecule has 0 radical (unpaired) electrons.